The van der Waals surface area contributed by atoms with Crippen molar-refractivity contribution >= 4 is 16.5 Å². The topological polar surface area (TPSA) is 35.2 Å². The lowest BCUT2D eigenvalue weighted by atomic mass is 9.99. The molecule has 3 aromatic carbocycles. The lowest BCUT2D eigenvalue weighted by molar-refractivity contribution is 0.415. The molecule has 0 amide bonds. The summed E-state index contributed by atoms with van der Waals surface area (Å²) >= 11 is 0. The second kappa shape index (κ2) is 4.89. The molecular formula is C18H17NO. The van der Waals surface area contributed by atoms with Gasteiger partial charge in [0.05, 0.1) is 7.11 Å². The van der Waals surface area contributed by atoms with Gasteiger partial charge in [-0.1, -0.05) is 30.3 Å². The molecule has 2 heteroatoms. The Morgan fingerprint density at radius 1 is 0.800 bits per heavy atom. The van der Waals surface area contributed by atoms with E-state index in [1.54, 1.807) is 7.11 Å². The van der Waals surface area contributed by atoms with Gasteiger partial charge in [0.25, 0.3) is 0 Å². The van der Waals surface area contributed by atoms with Gasteiger partial charge in [-0.15, -0.1) is 0 Å². The molecule has 0 unspecified atom stereocenters. The van der Waals surface area contributed by atoms with Crippen LogP contribution in [0, 0.1) is 6.92 Å². The molecule has 100 valence electrons. The van der Waals surface area contributed by atoms with Crippen LogP contribution < -0.4 is 10.5 Å². The summed E-state index contributed by atoms with van der Waals surface area (Å²) in [6.45, 7) is 2.02. The van der Waals surface area contributed by atoms with E-state index in [2.05, 4.69) is 36.4 Å². The predicted octanol–water partition coefficient (Wildman–Crippen LogP) is 4.41. The number of nitrogen functional groups attached to an aromatic ring is 1. The van der Waals surface area contributed by atoms with Crippen molar-refractivity contribution in [1.82, 2.24) is 0 Å². The Kier molecular flexibility index (Phi) is 3.07. The molecule has 20 heavy (non-hydrogen) atoms. The number of nitrogens with two attached hydrogens (primary N) is 1. The average Bonchev–Trinajstić information content (AvgIpc) is 2.49. The van der Waals surface area contributed by atoms with Gasteiger partial charge in [0.1, 0.15) is 5.75 Å². The smallest absolute Gasteiger partial charge is 0.119 e. The van der Waals surface area contributed by atoms with Crippen LogP contribution >= 0.6 is 0 Å². The normalized spacial score (nSPS) is 10.7. The van der Waals surface area contributed by atoms with Crippen LogP contribution in [-0.2, 0) is 0 Å². The molecule has 0 saturated carbocycles. The Balaban J connectivity index is 2.10. The van der Waals surface area contributed by atoms with Crippen molar-refractivity contribution in [3.05, 3.63) is 60.2 Å². The van der Waals surface area contributed by atoms with E-state index in [1.165, 1.54) is 16.3 Å². The first-order valence-electron chi connectivity index (χ1n) is 6.62. The summed E-state index contributed by atoms with van der Waals surface area (Å²) in [4.78, 5) is 0. The number of aryl methyl sites for hydroxylation is 1. The van der Waals surface area contributed by atoms with Crippen LogP contribution in [0.15, 0.2) is 54.6 Å². The van der Waals surface area contributed by atoms with Crippen LogP contribution in [0.3, 0.4) is 0 Å². The number of hydrogen-bond acceptors (Lipinski definition) is 2. The molecule has 0 heterocycles. The highest BCUT2D eigenvalue weighted by Gasteiger charge is 2.03. The van der Waals surface area contributed by atoms with Crippen molar-refractivity contribution in [1.29, 1.82) is 0 Å². The number of methoxy groups -OCH3 is 1. The molecular weight excluding hydrogens is 246 g/mol. The van der Waals surface area contributed by atoms with E-state index in [-0.39, 0.29) is 0 Å². The lowest BCUT2D eigenvalue weighted by Crippen LogP contribution is -1.90. The summed E-state index contributed by atoms with van der Waals surface area (Å²) < 4.78 is 5.25. The zero-order valence-corrected chi connectivity index (χ0v) is 11.7. The third kappa shape index (κ3) is 2.21. The van der Waals surface area contributed by atoms with E-state index in [9.17, 15) is 0 Å². The molecule has 0 fully saturated rings. The fourth-order valence-corrected chi connectivity index (χ4v) is 2.35. The minimum absolute atomic E-state index is 0.831. The Hall–Kier alpha value is -2.48. The van der Waals surface area contributed by atoms with Gasteiger partial charge in [0.15, 0.2) is 0 Å². The van der Waals surface area contributed by atoms with E-state index in [1.807, 2.05) is 25.1 Å². The van der Waals surface area contributed by atoms with E-state index in [0.29, 0.717) is 0 Å². The number of anilines is 1. The number of benzene rings is 3. The van der Waals surface area contributed by atoms with Gasteiger partial charge in [-0.3, -0.25) is 0 Å². The molecule has 2 N–H and O–H groups in total. The maximum Gasteiger partial charge on any atom is 0.119 e. The van der Waals surface area contributed by atoms with Crippen molar-refractivity contribution in [3.8, 4) is 16.9 Å². The summed E-state index contributed by atoms with van der Waals surface area (Å²) in [5, 5.41) is 2.37. The van der Waals surface area contributed by atoms with Crippen LogP contribution in [0.25, 0.3) is 21.9 Å². The second-order valence-electron chi connectivity index (χ2n) is 5.00. The van der Waals surface area contributed by atoms with Gasteiger partial charge >= 0.3 is 0 Å². The highest BCUT2D eigenvalue weighted by Crippen LogP contribution is 2.28. The maximum absolute atomic E-state index is 5.99. The van der Waals surface area contributed by atoms with Crippen molar-refractivity contribution in [3.63, 3.8) is 0 Å². The van der Waals surface area contributed by atoms with E-state index >= 15 is 0 Å². The van der Waals surface area contributed by atoms with Gasteiger partial charge in [0, 0.05) is 5.69 Å². The third-order valence-electron chi connectivity index (χ3n) is 3.66. The summed E-state index contributed by atoms with van der Waals surface area (Å²) in [5.74, 6) is 0.879. The molecule has 0 bridgehead atoms. The highest BCUT2D eigenvalue weighted by atomic mass is 16.5. The molecule has 3 rings (SSSR count). The minimum atomic E-state index is 0.831. The number of hydrogen-bond donors (Lipinski definition) is 1. The van der Waals surface area contributed by atoms with Crippen molar-refractivity contribution in [2.75, 3.05) is 12.8 Å². The molecule has 3 aromatic rings. The average molecular weight is 263 g/mol. The Morgan fingerprint density at radius 3 is 2.20 bits per heavy atom. The summed E-state index contributed by atoms with van der Waals surface area (Å²) in [6, 6.07) is 18.7. The molecule has 0 atom stereocenters. The van der Waals surface area contributed by atoms with Crippen LogP contribution in [0.5, 0.6) is 5.75 Å². The zero-order valence-electron chi connectivity index (χ0n) is 11.7. The van der Waals surface area contributed by atoms with Crippen LogP contribution in [-0.4, -0.2) is 7.11 Å². The standard InChI is InChI=1S/C18H17NO/c1-12-3-4-16(11-18(12)19)13-5-6-15-10-17(20-2)8-7-14(15)9-13/h3-11H,19H2,1-2H3. The predicted molar refractivity (Wildman–Crippen MR) is 85.1 cm³/mol. The van der Waals surface area contributed by atoms with Gasteiger partial charge < -0.3 is 10.5 Å². The molecule has 0 aliphatic carbocycles. The monoisotopic (exact) mass is 263 g/mol. The first-order valence-corrected chi connectivity index (χ1v) is 6.62. The van der Waals surface area contributed by atoms with Crippen molar-refractivity contribution < 1.29 is 4.74 Å². The number of ether oxygens (including phenoxy) is 1. The van der Waals surface area contributed by atoms with E-state index < -0.39 is 0 Å². The molecule has 0 aromatic heterocycles. The molecule has 0 saturated heterocycles. The molecule has 0 radical (unpaired) electrons. The first-order chi connectivity index (χ1) is 9.67. The lowest BCUT2D eigenvalue weighted by Gasteiger charge is -2.08. The first kappa shape index (κ1) is 12.5. The minimum Gasteiger partial charge on any atom is -0.497 e. The largest absolute Gasteiger partial charge is 0.497 e. The van der Waals surface area contributed by atoms with E-state index in [4.69, 9.17) is 10.5 Å². The Morgan fingerprint density at radius 2 is 1.45 bits per heavy atom. The summed E-state index contributed by atoms with van der Waals surface area (Å²) in [6.07, 6.45) is 0. The van der Waals surface area contributed by atoms with Crippen molar-refractivity contribution in [2.45, 2.75) is 6.92 Å². The fourth-order valence-electron chi connectivity index (χ4n) is 2.35. The molecule has 0 spiro atoms. The maximum atomic E-state index is 5.99. The Labute approximate surface area is 118 Å². The molecule has 0 aliphatic heterocycles. The van der Waals surface area contributed by atoms with Gasteiger partial charge in [0.2, 0.25) is 0 Å². The SMILES string of the molecule is COc1ccc2cc(-c3ccc(C)c(N)c3)ccc2c1. The molecule has 0 aliphatic rings. The summed E-state index contributed by atoms with van der Waals surface area (Å²) in [7, 11) is 1.69. The number of rotatable bonds is 2. The van der Waals surface area contributed by atoms with E-state index in [0.717, 1.165) is 22.6 Å². The fraction of sp³-hybridized carbons (Fsp3) is 0.111. The summed E-state index contributed by atoms with van der Waals surface area (Å²) in [5.41, 5.74) is 10.3. The van der Waals surface area contributed by atoms with Crippen molar-refractivity contribution in [2.24, 2.45) is 0 Å². The third-order valence-corrected chi connectivity index (χ3v) is 3.66. The quantitative estimate of drug-likeness (QED) is 0.695. The molecule has 2 nitrogen and oxygen atoms in total. The Bertz CT molecular complexity index is 777. The number of fused-ring (bicyclic) bond motifs is 1. The van der Waals surface area contributed by atoms with Crippen LogP contribution in [0.2, 0.25) is 0 Å². The zero-order chi connectivity index (χ0) is 14.1. The van der Waals surface area contributed by atoms with Gasteiger partial charge in [-0.05, 0) is 58.7 Å². The van der Waals surface area contributed by atoms with Crippen LogP contribution in [0.1, 0.15) is 5.56 Å². The van der Waals surface area contributed by atoms with Gasteiger partial charge in [-0.25, -0.2) is 0 Å². The van der Waals surface area contributed by atoms with Crippen LogP contribution in [0.4, 0.5) is 5.69 Å². The second-order valence-corrected chi connectivity index (χ2v) is 5.00. The highest BCUT2D eigenvalue weighted by molar-refractivity contribution is 5.88. The van der Waals surface area contributed by atoms with Gasteiger partial charge in [-0.2, -0.15) is 0 Å².